The lowest BCUT2D eigenvalue weighted by molar-refractivity contribution is 0.307. The Morgan fingerprint density at radius 1 is 0.769 bits per heavy atom. The van der Waals surface area contributed by atoms with Crippen LogP contribution in [0.25, 0.3) is 0 Å². The van der Waals surface area contributed by atoms with Crippen molar-refractivity contribution in [2.24, 2.45) is 10.8 Å². The van der Waals surface area contributed by atoms with Gasteiger partial charge < -0.3 is 5.11 Å². The molecule has 0 saturated carbocycles. The van der Waals surface area contributed by atoms with Crippen molar-refractivity contribution in [2.75, 3.05) is 0 Å². The van der Waals surface area contributed by atoms with Gasteiger partial charge in [-0.05, 0) is 66.5 Å². The van der Waals surface area contributed by atoms with Crippen LogP contribution in [0.5, 0.6) is 5.75 Å². The number of rotatable bonds is 12. The zero-order valence-electron chi connectivity index (χ0n) is 18.5. The van der Waals surface area contributed by atoms with Crippen LogP contribution in [-0.4, -0.2) is 5.11 Å². The van der Waals surface area contributed by atoms with Crippen LogP contribution < -0.4 is 0 Å². The van der Waals surface area contributed by atoms with E-state index in [9.17, 15) is 5.11 Å². The second-order valence-electron chi connectivity index (χ2n) is 10.2. The molecule has 0 radical (unpaired) electrons. The van der Waals surface area contributed by atoms with E-state index in [0.29, 0.717) is 16.6 Å². The first kappa shape index (κ1) is 23.1. The van der Waals surface area contributed by atoms with Gasteiger partial charge in [-0.2, -0.15) is 0 Å². The molecule has 1 N–H and O–H groups in total. The van der Waals surface area contributed by atoms with Crippen LogP contribution in [0.1, 0.15) is 110 Å². The van der Waals surface area contributed by atoms with Gasteiger partial charge in [0.05, 0.1) is 0 Å². The summed E-state index contributed by atoms with van der Waals surface area (Å²) in [6.45, 7) is 14.0. The van der Waals surface area contributed by atoms with E-state index in [2.05, 4.69) is 53.7 Å². The van der Waals surface area contributed by atoms with Crippen molar-refractivity contribution < 1.29 is 5.11 Å². The average molecular weight is 361 g/mol. The van der Waals surface area contributed by atoms with Crippen molar-refractivity contribution in [3.8, 4) is 5.75 Å². The van der Waals surface area contributed by atoms with Crippen LogP contribution >= 0.6 is 0 Å². The second kappa shape index (κ2) is 11.0. The molecule has 0 bridgehead atoms. The molecule has 1 rings (SSSR count). The van der Waals surface area contributed by atoms with Crippen molar-refractivity contribution in [3.05, 3.63) is 29.3 Å². The summed E-state index contributed by atoms with van der Waals surface area (Å²) in [5.41, 5.74) is 3.47. The van der Waals surface area contributed by atoms with E-state index < -0.39 is 0 Å². The minimum absolute atomic E-state index is 0.437. The van der Waals surface area contributed by atoms with E-state index in [1.165, 1.54) is 63.4 Å². The summed E-state index contributed by atoms with van der Waals surface area (Å²) in [7, 11) is 0. The zero-order valence-corrected chi connectivity index (χ0v) is 18.5. The quantitative estimate of drug-likeness (QED) is 0.373. The van der Waals surface area contributed by atoms with Gasteiger partial charge in [0.25, 0.3) is 0 Å². The standard InChI is InChI=1S/C25H44O/c1-7-25(5,6)19-12-9-8-10-15-22-20-21(16-17-23(22)26)14-11-13-18-24(2,3)4/h16-17,20,26H,7-15,18-19H2,1-6H3. The Labute approximate surface area is 163 Å². The minimum Gasteiger partial charge on any atom is -0.508 e. The third-order valence-electron chi connectivity index (χ3n) is 5.79. The summed E-state index contributed by atoms with van der Waals surface area (Å²) >= 11 is 0. The number of hydrogen-bond acceptors (Lipinski definition) is 1. The van der Waals surface area contributed by atoms with Gasteiger partial charge in [-0.15, -0.1) is 0 Å². The number of hydrogen-bond donors (Lipinski definition) is 1. The van der Waals surface area contributed by atoms with Crippen LogP contribution in [0.2, 0.25) is 0 Å². The number of phenolic OH excluding ortho intramolecular Hbond substituents is 1. The first-order valence-corrected chi connectivity index (χ1v) is 10.9. The molecule has 0 heterocycles. The summed E-state index contributed by atoms with van der Waals surface area (Å²) in [6.07, 6.45) is 13.7. The summed E-state index contributed by atoms with van der Waals surface area (Å²) in [6, 6.07) is 6.24. The van der Waals surface area contributed by atoms with E-state index in [0.717, 1.165) is 18.4 Å². The average Bonchev–Trinajstić information content (AvgIpc) is 2.56. The van der Waals surface area contributed by atoms with E-state index in [-0.39, 0.29) is 0 Å². The molecule has 0 amide bonds. The predicted molar refractivity (Wildman–Crippen MR) is 116 cm³/mol. The summed E-state index contributed by atoms with van der Waals surface area (Å²) < 4.78 is 0. The van der Waals surface area contributed by atoms with E-state index in [1.807, 2.05) is 6.07 Å². The van der Waals surface area contributed by atoms with Gasteiger partial charge in [0, 0.05) is 0 Å². The molecule has 0 saturated heterocycles. The minimum atomic E-state index is 0.437. The highest BCUT2D eigenvalue weighted by Gasteiger charge is 2.13. The fraction of sp³-hybridized carbons (Fsp3) is 0.760. The van der Waals surface area contributed by atoms with Gasteiger partial charge in [0.2, 0.25) is 0 Å². The molecule has 0 spiro atoms. The third kappa shape index (κ3) is 10.2. The van der Waals surface area contributed by atoms with Crippen molar-refractivity contribution in [3.63, 3.8) is 0 Å². The SMILES string of the molecule is CCC(C)(C)CCCCCCc1cc(CCCCC(C)(C)C)ccc1O. The van der Waals surface area contributed by atoms with Gasteiger partial charge in [-0.25, -0.2) is 0 Å². The topological polar surface area (TPSA) is 20.2 Å². The molecule has 0 fully saturated rings. The second-order valence-corrected chi connectivity index (χ2v) is 10.2. The smallest absolute Gasteiger partial charge is 0.118 e. The Kier molecular flexibility index (Phi) is 9.75. The monoisotopic (exact) mass is 360 g/mol. The number of benzene rings is 1. The molecule has 1 aromatic carbocycles. The summed E-state index contributed by atoms with van der Waals surface area (Å²) in [5, 5.41) is 10.2. The maximum absolute atomic E-state index is 10.2. The number of phenols is 1. The van der Waals surface area contributed by atoms with Crippen molar-refractivity contribution >= 4 is 0 Å². The molecule has 1 nitrogen and oxygen atoms in total. The highest BCUT2D eigenvalue weighted by atomic mass is 16.3. The van der Waals surface area contributed by atoms with Gasteiger partial charge in [-0.3, -0.25) is 0 Å². The van der Waals surface area contributed by atoms with E-state index in [1.54, 1.807) is 0 Å². The Bertz CT molecular complexity index is 507. The molecule has 1 heteroatoms. The molecular weight excluding hydrogens is 316 g/mol. The normalized spacial score (nSPS) is 12.5. The molecule has 0 aromatic heterocycles. The van der Waals surface area contributed by atoms with Crippen LogP contribution in [0.15, 0.2) is 18.2 Å². The molecule has 0 aliphatic rings. The van der Waals surface area contributed by atoms with Crippen LogP contribution in [0, 0.1) is 10.8 Å². The van der Waals surface area contributed by atoms with Crippen molar-refractivity contribution in [2.45, 2.75) is 112 Å². The lowest BCUT2D eigenvalue weighted by atomic mass is 9.84. The molecule has 26 heavy (non-hydrogen) atoms. The van der Waals surface area contributed by atoms with Gasteiger partial charge in [0.15, 0.2) is 0 Å². The zero-order chi connectivity index (χ0) is 19.6. The van der Waals surface area contributed by atoms with Gasteiger partial charge in [0.1, 0.15) is 5.75 Å². The highest BCUT2D eigenvalue weighted by molar-refractivity contribution is 5.36. The number of aromatic hydroxyl groups is 1. The largest absolute Gasteiger partial charge is 0.508 e. The van der Waals surface area contributed by atoms with Gasteiger partial charge >= 0.3 is 0 Å². The maximum Gasteiger partial charge on any atom is 0.118 e. The lowest BCUT2D eigenvalue weighted by Crippen LogP contribution is -2.08. The Morgan fingerprint density at radius 2 is 1.38 bits per heavy atom. The first-order valence-electron chi connectivity index (χ1n) is 10.9. The fourth-order valence-electron chi connectivity index (χ4n) is 3.43. The lowest BCUT2D eigenvalue weighted by Gasteiger charge is -2.22. The van der Waals surface area contributed by atoms with Gasteiger partial charge in [-0.1, -0.05) is 85.8 Å². The third-order valence-corrected chi connectivity index (χ3v) is 5.79. The first-order chi connectivity index (χ1) is 12.1. The maximum atomic E-state index is 10.2. The summed E-state index contributed by atoms with van der Waals surface area (Å²) in [5.74, 6) is 0.482. The highest BCUT2D eigenvalue weighted by Crippen LogP contribution is 2.28. The Hall–Kier alpha value is -0.980. The molecular formula is C25H44O. The predicted octanol–water partition coefficient (Wildman–Crippen LogP) is 8.08. The van der Waals surface area contributed by atoms with E-state index >= 15 is 0 Å². The molecule has 1 aromatic rings. The molecule has 0 aliphatic carbocycles. The van der Waals surface area contributed by atoms with E-state index in [4.69, 9.17) is 0 Å². The van der Waals surface area contributed by atoms with Crippen molar-refractivity contribution in [1.29, 1.82) is 0 Å². The number of aryl methyl sites for hydroxylation is 2. The Balaban J connectivity index is 2.31. The molecule has 0 aliphatic heterocycles. The number of unbranched alkanes of at least 4 members (excludes halogenated alkanes) is 4. The van der Waals surface area contributed by atoms with Crippen LogP contribution in [-0.2, 0) is 12.8 Å². The molecule has 0 unspecified atom stereocenters. The van der Waals surface area contributed by atoms with Crippen molar-refractivity contribution in [1.82, 2.24) is 0 Å². The fourth-order valence-corrected chi connectivity index (χ4v) is 3.43. The molecule has 0 atom stereocenters. The van der Waals surface area contributed by atoms with Crippen LogP contribution in [0.3, 0.4) is 0 Å². The molecule has 150 valence electrons. The van der Waals surface area contributed by atoms with Crippen LogP contribution in [0.4, 0.5) is 0 Å². The summed E-state index contributed by atoms with van der Waals surface area (Å²) in [4.78, 5) is 0. The Morgan fingerprint density at radius 3 is 2.04 bits per heavy atom.